The van der Waals surface area contributed by atoms with Crippen LogP contribution in [0.3, 0.4) is 0 Å². The molecule has 0 heterocycles. The largest absolute Gasteiger partial charge is 0.342 e. The summed E-state index contributed by atoms with van der Waals surface area (Å²) in [7, 11) is 1.32. The van der Waals surface area contributed by atoms with Gasteiger partial charge < -0.3 is 4.90 Å². The second kappa shape index (κ2) is 10.4. The van der Waals surface area contributed by atoms with Crippen molar-refractivity contribution in [1.29, 1.82) is 0 Å². The lowest BCUT2D eigenvalue weighted by molar-refractivity contribution is -0.143. The van der Waals surface area contributed by atoms with Crippen LogP contribution in [0.2, 0.25) is 0 Å². The van der Waals surface area contributed by atoms with E-state index in [-0.39, 0.29) is 25.1 Å². The number of benzene rings is 2. The Hall–Kier alpha value is -3.16. The molecule has 0 fully saturated rings. The highest BCUT2D eigenvalue weighted by molar-refractivity contribution is 6.00. The highest BCUT2D eigenvalue weighted by Gasteiger charge is 2.22. The standard InChI is InChI=1S/C21H21F3N2O3/c1-25(13-19(24)16-5-3-7-18(23)11-16)20(28)12-21(29)26(14-27)9-8-15-4-2-6-17(22)10-15/h2-7,10-11,14,19H,8-9,12-13H2,1H3. The van der Waals surface area contributed by atoms with Crippen LogP contribution in [0.5, 0.6) is 0 Å². The molecule has 2 aromatic carbocycles. The lowest BCUT2D eigenvalue weighted by Crippen LogP contribution is -2.37. The van der Waals surface area contributed by atoms with Crippen LogP contribution in [0.4, 0.5) is 13.2 Å². The molecule has 2 rings (SSSR count). The Morgan fingerprint density at radius 1 is 1.03 bits per heavy atom. The number of amides is 3. The summed E-state index contributed by atoms with van der Waals surface area (Å²) in [5.41, 5.74) is 0.684. The molecule has 0 spiro atoms. The molecule has 0 radical (unpaired) electrons. The van der Waals surface area contributed by atoms with E-state index in [0.717, 1.165) is 15.9 Å². The fourth-order valence-corrected chi connectivity index (χ4v) is 2.69. The third kappa shape index (κ3) is 6.74. The second-order valence-corrected chi connectivity index (χ2v) is 6.55. The molecule has 3 amide bonds. The van der Waals surface area contributed by atoms with Gasteiger partial charge in [-0.1, -0.05) is 24.3 Å². The molecular formula is C21H21F3N2O3. The molecule has 8 heteroatoms. The first-order chi connectivity index (χ1) is 13.8. The zero-order valence-corrected chi connectivity index (χ0v) is 15.9. The Kier molecular flexibility index (Phi) is 7.94. The van der Waals surface area contributed by atoms with Crippen LogP contribution in [0.25, 0.3) is 0 Å². The average Bonchev–Trinajstić information content (AvgIpc) is 2.68. The van der Waals surface area contributed by atoms with E-state index >= 15 is 0 Å². The van der Waals surface area contributed by atoms with Crippen molar-refractivity contribution in [3.63, 3.8) is 0 Å². The molecule has 0 aliphatic carbocycles. The summed E-state index contributed by atoms with van der Waals surface area (Å²) < 4.78 is 40.7. The number of hydrogen-bond acceptors (Lipinski definition) is 3. The summed E-state index contributed by atoms with van der Waals surface area (Å²) in [4.78, 5) is 37.4. The van der Waals surface area contributed by atoms with Crippen molar-refractivity contribution in [3.05, 3.63) is 71.3 Å². The Morgan fingerprint density at radius 2 is 1.69 bits per heavy atom. The lowest BCUT2D eigenvalue weighted by atomic mass is 10.1. The van der Waals surface area contributed by atoms with Crippen molar-refractivity contribution in [2.45, 2.75) is 19.0 Å². The van der Waals surface area contributed by atoms with Crippen molar-refractivity contribution in [1.82, 2.24) is 9.80 Å². The van der Waals surface area contributed by atoms with E-state index in [1.165, 1.54) is 43.4 Å². The van der Waals surface area contributed by atoms with Crippen LogP contribution in [0, 0.1) is 11.6 Å². The minimum absolute atomic E-state index is 0.0161. The van der Waals surface area contributed by atoms with E-state index in [0.29, 0.717) is 12.0 Å². The molecular weight excluding hydrogens is 385 g/mol. The monoisotopic (exact) mass is 406 g/mol. The lowest BCUT2D eigenvalue weighted by Gasteiger charge is -2.21. The van der Waals surface area contributed by atoms with Crippen molar-refractivity contribution >= 4 is 18.2 Å². The maximum Gasteiger partial charge on any atom is 0.238 e. The molecule has 5 nitrogen and oxygen atoms in total. The predicted octanol–water partition coefficient (Wildman–Crippen LogP) is 3.05. The van der Waals surface area contributed by atoms with Crippen molar-refractivity contribution in [2.75, 3.05) is 20.1 Å². The Labute approximate surface area is 166 Å². The van der Waals surface area contributed by atoms with Gasteiger partial charge in [-0.2, -0.15) is 0 Å². The van der Waals surface area contributed by atoms with Gasteiger partial charge in [0.15, 0.2) is 0 Å². The van der Waals surface area contributed by atoms with Crippen molar-refractivity contribution in [2.24, 2.45) is 0 Å². The number of nitrogens with zero attached hydrogens (tertiary/aromatic N) is 2. The molecule has 0 aliphatic heterocycles. The van der Waals surface area contributed by atoms with Crippen LogP contribution in [0.15, 0.2) is 48.5 Å². The summed E-state index contributed by atoms with van der Waals surface area (Å²) >= 11 is 0. The molecule has 2 aromatic rings. The maximum absolute atomic E-state index is 14.3. The number of carbonyl (C=O) groups excluding carboxylic acids is 3. The number of halogens is 3. The van der Waals surface area contributed by atoms with Gasteiger partial charge in [0, 0.05) is 13.6 Å². The Morgan fingerprint density at radius 3 is 2.31 bits per heavy atom. The zero-order chi connectivity index (χ0) is 21.4. The molecule has 154 valence electrons. The minimum atomic E-state index is -1.62. The Bertz CT molecular complexity index is 876. The van der Waals surface area contributed by atoms with Crippen LogP contribution in [-0.2, 0) is 20.8 Å². The first-order valence-corrected chi connectivity index (χ1v) is 8.93. The van der Waals surface area contributed by atoms with E-state index in [9.17, 15) is 27.6 Å². The van der Waals surface area contributed by atoms with Gasteiger partial charge in [-0.05, 0) is 41.8 Å². The first-order valence-electron chi connectivity index (χ1n) is 8.93. The van der Waals surface area contributed by atoms with Gasteiger partial charge in [0.05, 0.1) is 6.54 Å². The zero-order valence-electron chi connectivity index (χ0n) is 15.9. The summed E-state index contributed by atoms with van der Waals surface area (Å²) in [6.07, 6.45) is -1.70. The molecule has 0 aromatic heterocycles. The molecule has 0 N–H and O–H groups in total. The van der Waals surface area contributed by atoms with Crippen LogP contribution < -0.4 is 0 Å². The first kappa shape index (κ1) is 22.1. The molecule has 0 saturated carbocycles. The topological polar surface area (TPSA) is 57.7 Å². The highest BCUT2D eigenvalue weighted by atomic mass is 19.1. The van der Waals surface area contributed by atoms with E-state index in [2.05, 4.69) is 0 Å². The molecule has 1 atom stereocenters. The van der Waals surface area contributed by atoms with Gasteiger partial charge in [-0.3, -0.25) is 19.3 Å². The molecule has 0 saturated heterocycles. The van der Waals surface area contributed by atoms with E-state index in [1.54, 1.807) is 6.07 Å². The van der Waals surface area contributed by atoms with Crippen molar-refractivity contribution in [3.8, 4) is 0 Å². The SMILES string of the molecule is CN(CC(F)c1cccc(F)c1)C(=O)CC(=O)N(C=O)CCc1cccc(F)c1. The number of hydrogen-bond donors (Lipinski definition) is 0. The van der Waals surface area contributed by atoms with E-state index < -0.39 is 36.0 Å². The van der Waals surface area contributed by atoms with Crippen LogP contribution in [0.1, 0.15) is 23.7 Å². The minimum Gasteiger partial charge on any atom is -0.342 e. The fourth-order valence-electron chi connectivity index (χ4n) is 2.69. The molecule has 0 bridgehead atoms. The van der Waals surface area contributed by atoms with Gasteiger partial charge in [0.1, 0.15) is 24.2 Å². The van der Waals surface area contributed by atoms with Gasteiger partial charge in [0.2, 0.25) is 18.2 Å². The summed E-state index contributed by atoms with van der Waals surface area (Å²) in [5, 5.41) is 0. The maximum atomic E-state index is 14.3. The highest BCUT2D eigenvalue weighted by Crippen LogP contribution is 2.19. The van der Waals surface area contributed by atoms with Crippen molar-refractivity contribution < 1.29 is 27.6 Å². The number of likely N-dealkylation sites (N-methyl/N-ethyl adjacent to an activating group) is 1. The number of carbonyl (C=O) groups is 3. The van der Waals surface area contributed by atoms with Gasteiger partial charge in [0.25, 0.3) is 0 Å². The summed E-state index contributed by atoms with van der Waals surface area (Å²) in [6.45, 7) is -0.377. The smallest absolute Gasteiger partial charge is 0.238 e. The number of alkyl halides is 1. The average molecular weight is 406 g/mol. The quantitative estimate of drug-likeness (QED) is 0.475. The van der Waals surface area contributed by atoms with E-state index in [4.69, 9.17) is 0 Å². The van der Waals surface area contributed by atoms with Gasteiger partial charge in [-0.25, -0.2) is 13.2 Å². The Balaban J connectivity index is 1.88. The third-order valence-electron chi connectivity index (χ3n) is 4.35. The summed E-state index contributed by atoms with van der Waals surface area (Å²) in [5.74, 6) is -2.43. The number of imide groups is 1. The summed E-state index contributed by atoms with van der Waals surface area (Å²) in [6, 6.07) is 10.7. The molecule has 1 unspecified atom stereocenters. The third-order valence-corrected chi connectivity index (χ3v) is 4.35. The van der Waals surface area contributed by atoms with Gasteiger partial charge >= 0.3 is 0 Å². The molecule has 0 aliphatic rings. The number of rotatable bonds is 9. The van der Waals surface area contributed by atoms with E-state index in [1.807, 2.05) is 0 Å². The normalized spacial score (nSPS) is 11.6. The molecule has 29 heavy (non-hydrogen) atoms. The predicted molar refractivity (Wildman–Crippen MR) is 100 cm³/mol. The fraction of sp³-hybridized carbons (Fsp3) is 0.286. The van der Waals surface area contributed by atoms with Crippen LogP contribution in [-0.4, -0.2) is 48.2 Å². The van der Waals surface area contributed by atoms with Crippen LogP contribution >= 0.6 is 0 Å². The van der Waals surface area contributed by atoms with Gasteiger partial charge in [-0.15, -0.1) is 0 Å². The second-order valence-electron chi connectivity index (χ2n) is 6.55.